The van der Waals surface area contributed by atoms with Crippen LogP contribution in [0.25, 0.3) is 0 Å². The summed E-state index contributed by atoms with van der Waals surface area (Å²) in [6, 6.07) is 16.0. The van der Waals surface area contributed by atoms with E-state index in [1.54, 1.807) is 12.2 Å². The number of anilines is 1. The topological polar surface area (TPSA) is 86.8 Å². The van der Waals surface area contributed by atoms with Gasteiger partial charge in [-0.05, 0) is 31.6 Å². The molecule has 2 aliphatic heterocycles. The monoisotopic (exact) mass is 484 g/mol. The van der Waals surface area contributed by atoms with E-state index in [1.165, 1.54) is 0 Å². The number of ketones is 1. The Morgan fingerprint density at radius 3 is 2.25 bits per heavy atom. The number of aliphatic hydroxyl groups excluding tert-OH is 2. The van der Waals surface area contributed by atoms with Gasteiger partial charge in [0.25, 0.3) is 0 Å². The van der Waals surface area contributed by atoms with Crippen LogP contribution >= 0.6 is 0 Å². The largest absolute Gasteiger partial charge is 0.871 e. The van der Waals surface area contributed by atoms with Gasteiger partial charge in [-0.2, -0.15) is 4.58 Å². The number of carbonyl (C=O) groups is 1. The Morgan fingerprint density at radius 1 is 0.917 bits per heavy atom. The van der Waals surface area contributed by atoms with Gasteiger partial charge in [-0.3, -0.25) is 4.79 Å². The normalized spacial score (nSPS) is 21.9. The number of hydrogen-bond donors (Lipinski definition) is 2. The lowest BCUT2D eigenvalue weighted by Crippen LogP contribution is -2.35. The molecule has 1 aliphatic carbocycles. The van der Waals surface area contributed by atoms with Gasteiger partial charge in [0, 0.05) is 52.2 Å². The summed E-state index contributed by atoms with van der Waals surface area (Å²) in [6.45, 7) is 8.96. The highest BCUT2D eigenvalue weighted by Crippen LogP contribution is 2.48. The van der Waals surface area contributed by atoms with Gasteiger partial charge in [0.05, 0.1) is 12.0 Å². The number of aliphatic hydroxyl groups is 2. The Labute approximate surface area is 211 Å². The first-order chi connectivity index (χ1) is 17.1. The molecular formula is C30H32N2O4. The minimum Gasteiger partial charge on any atom is -0.871 e. The SMILES string of the molecule is CC1(C)C(/C=C2/C(=O)C(/C=C3\N(CCO)c4ccccc4C3(C)C)=C2[O-])=[N+](CCO)c2ccccc21. The van der Waals surface area contributed by atoms with Crippen molar-refractivity contribution in [3.05, 3.63) is 94.4 Å². The number of carbonyl (C=O) groups excluding carboxylic acids is 1. The molecule has 0 saturated carbocycles. The molecular weight excluding hydrogens is 452 g/mol. The van der Waals surface area contributed by atoms with Crippen LogP contribution in [-0.4, -0.2) is 52.6 Å². The third-order valence-electron chi connectivity index (χ3n) is 7.79. The lowest BCUT2D eigenvalue weighted by atomic mass is 9.77. The molecule has 186 valence electrons. The average molecular weight is 485 g/mol. The van der Waals surface area contributed by atoms with Crippen LogP contribution in [-0.2, 0) is 15.6 Å². The summed E-state index contributed by atoms with van der Waals surface area (Å²) in [7, 11) is 0. The van der Waals surface area contributed by atoms with E-state index in [4.69, 9.17) is 0 Å². The Kier molecular flexibility index (Phi) is 5.77. The van der Waals surface area contributed by atoms with Gasteiger partial charge in [-0.25, -0.2) is 0 Å². The van der Waals surface area contributed by atoms with Crippen LogP contribution in [0.3, 0.4) is 0 Å². The quantitative estimate of drug-likeness (QED) is 0.487. The predicted octanol–water partition coefficient (Wildman–Crippen LogP) is 2.85. The lowest BCUT2D eigenvalue weighted by Gasteiger charge is -2.32. The van der Waals surface area contributed by atoms with E-state index in [1.807, 2.05) is 58.0 Å². The molecule has 2 aromatic carbocycles. The van der Waals surface area contributed by atoms with Gasteiger partial charge < -0.3 is 20.2 Å². The molecule has 6 heteroatoms. The second-order valence-electron chi connectivity index (χ2n) is 10.6. The van der Waals surface area contributed by atoms with Gasteiger partial charge in [0.15, 0.2) is 18.0 Å². The van der Waals surface area contributed by atoms with Gasteiger partial charge in [0.2, 0.25) is 5.69 Å². The minimum absolute atomic E-state index is 0.0429. The Morgan fingerprint density at radius 2 is 1.58 bits per heavy atom. The van der Waals surface area contributed by atoms with E-state index in [0.717, 1.165) is 33.9 Å². The number of para-hydroxylation sites is 2. The highest BCUT2D eigenvalue weighted by atomic mass is 16.3. The molecule has 0 unspecified atom stereocenters. The molecule has 36 heavy (non-hydrogen) atoms. The van der Waals surface area contributed by atoms with Crippen molar-refractivity contribution in [3.8, 4) is 0 Å². The van der Waals surface area contributed by atoms with Crippen molar-refractivity contribution in [1.29, 1.82) is 0 Å². The van der Waals surface area contributed by atoms with Crippen molar-refractivity contribution >= 4 is 22.9 Å². The van der Waals surface area contributed by atoms with Crippen LogP contribution in [0.15, 0.2) is 83.3 Å². The highest BCUT2D eigenvalue weighted by molar-refractivity contribution is 6.24. The fourth-order valence-electron chi connectivity index (χ4n) is 5.85. The van der Waals surface area contributed by atoms with E-state index in [0.29, 0.717) is 13.1 Å². The third-order valence-corrected chi connectivity index (χ3v) is 7.79. The zero-order valence-electron chi connectivity index (χ0n) is 21.2. The Bertz CT molecular complexity index is 1390. The number of Topliss-reactive ketones (excluding diaryl/α,β-unsaturated/α-hetero) is 1. The molecule has 0 radical (unpaired) electrons. The zero-order chi connectivity index (χ0) is 25.8. The first-order valence-corrected chi connectivity index (χ1v) is 12.4. The van der Waals surface area contributed by atoms with Crippen LogP contribution in [0.4, 0.5) is 11.4 Å². The number of β-amino-alcohol motifs (C(OH)–C–C–N with tert-alkyl or cyclic N) is 2. The maximum Gasteiger partial charge on any atom is 0.209 e. The predicted molar refractivity (Wildman–Crippen MR) is 138 cm³/mol. The van der Waals surface area contributed by atoms with Crippen molar-refractivity contribution in [2.75, 3.05) is 31.2 Å². The molecule has 3 aliphatic rings. The number of benzene rings is 2. The van der Waals surface area contributed by atoms with Gasteiger partial charge in [0.1, 0.15) is 6.61 Å². The first-order valence-electron chi connectivity index (χ1n) is 12.4. The average Bonchev–Trinajstić information content (AvgIpc) is 3.20. The molecule has 0 amide bonds. The van der Waals surface area contributed by atoms with Crippen molar-refractivity contribution in [3.63, 3.8) is 0 Å². The molecule has 0 fully saturated rings. The first kappa shape index (κ1) is 24.2. The summed E-state index contributed by atoms with van der Waals surface area (Å²) >= 11 is 0. The Hall–Kier alpha value is -3.48. The molecule has 0 aromatic heterocycles. The number of rotatable bonds is 6. The fourth-order valence-corrected chi connectivity index (χ4v) is 5.85. The van der Waals surface area contributed by atoms with E-state index in [2.05, 4.69) is 27.7 Å². The molecule has 5 rings (SSSR count). The second-order valence-corrected chi connectivity index (χ2v) is 10.6. The standard InChI is InChI=1S/C30H32N2O4/c1-29(2)21-9-5-7-11-23(21)31(13-15-33)25(29)17-19-27(35)20(28(19)36)18-26-30(3,4)22-10-6-8-12-24(22)32(26)14-16-34/h5-12,17-18,33-34H,13-16H2,1-4H3. The molecule has 2 heterocycles. The Balaban J connectivity index is 1.58. The van der Waals surface area contributed by atoms with E-state index >= 15 is 0 Å². The molecule has 0 atom stereocenters. The molecule has 0 bridgehead atoms. The van der Waals surface area contributed by atoms with E-state index in [-0.39, 0.29) is 35.9 Å². The van der Waals surface area contributed by atoms with Crippen molar-refractivity contribution in [1.82, 2.24) is 0 Å². The molecule has 2 aromatic rings. The summed E-state index contributed by atoms with van der Waals surface area (Å²) in [5, 5.41) is 32.7. The number of allylic oxidation sites excluding steroid dienone is 5. The molecule has 0 saturated heterocycles. The van der Waals surface area contributed by atoms with Crippen molar-refractivity contribution in [2.45, 2.75) is 38.5 Å². The third kappa shape index (κ3) is 3.39. The lowest BCUT2D eigenvalue weighted by molar-refractivity contribution is -0.441. The maximum atomic E-state index is 13.3. The van der Waals surface area contributed by atoms with Crippen LogP contribution in [0.5, 0.6) is 0 Å². The molecule has 0 spiro atoms. The van der Waals surface area contributed by atoms with E-state index in [9.17, 15) is 20.1 Å². The van der Waals surface area contributed by atoms with Crippen LogP contribution in [0.2, 0.25) is 0 Å². The number of fused-ring (bicyclic) bond motifs is 2. The summed E-state index contributed by atoms with van der Waals surface area (Å²) in [4.78, 5) is 15.3. The molecule has 6 nitrogen and oxygen atoms in total. The highest BCUT2D eigenvalue weighted by Gasteiger charge is 2.46. The van der Waals surface area contributed by atoms with Gasteiger partial charge >= 0.3 is 0 Å². The van der Waals surface area contributed by atoms with Gasteiger partial charge in [-0.15, -0.1) is 0 Å². The summed E-state index contributed by atoms with van der Waals surface area (Å²) in [5.41, 5.74) is 5.33. The van der Waals surface area contributed by atoms with Gasteiger partial charge in [-0.1, -0.05) is 56.0 Å². The zero-order valence-corrected chi connectivity index (χ0v) is 21.2. The van der Waals surface area contributed by atoms with Crippen LogP contribution in [0, 0.1) is 0 Å². The fraction of sp³-hybridized carbons (Fsp3) is 0.333. The van der Waals surface area contributed by atoms with Crippen LogP contribution < -0.4 is 10.0 Å². The maximum absolute atomic E-state index is 13.3. The van der Waals surface area contributed by atoms with Crippen molar-refractivity contribution < 1.29 is 24.7 Å². The smallest absolute Gasteiger partial charge is 0.209 e. The number of nitrogens with zero attached hydrogens (tertiary/aromatic N) is 2. The summed E-state index contributed by atoms with van der Waals surface area (Å²) in [6.07, 6.45) is 3.42. The summed E-state index contributed by atoms with van der Waals surface area (Å²) in [5.74, 6) is -0.544. The van der Waals surface area contributed by atoms with Crippen molar-refractivity contribution in [2.24, 2.45) is 0 Å². The van der Waals surface area contributed by atoms with Crippen LogP contribution in [0.1, 0.15) is 38.8 Å². The number of hydrogen-bond acceptors (Lipinski definition) is 5. The minimum atomic E-state index is -0.416. The van der Waals surface area contributed by atoms with E-state index < -0.39 is 10.8 Å². The second kappa shape index (κ2) is 8.57. The summed E-state index contributed by atoms with van der Waals surface area (Å²) < 4.78 is 2.00. The molecule has 2 N–H and O–H groups in total.